The van der Waals surface area contributed by atoms with E-state index in [1.165, 1.54) is 0 Å². The van der Waals surface area contributed by atoms with E-state index in [4.69, 9.17) is 4.42 Å². The largest absolute Gasteiger partial charge is 0.469 e. The lowest BCUT2D eigenvalue weighted by atomic mass is 9.84. The standard InChI is InChI=1S/C13H20BrNO2/c1-4-13(5-2,8-14)9-15-12(16)11-6-7-17-10(11)3/h6-7H,4-5,8-9H2,1-3H3,(H,15,16). The first-order valence-corrected chi connectivity index (χ1v) is 7.09. The van der Waals surface area contributed by atoms with Gasteiger partial charge in [-0.3, -0.25) is 4.79 Å². The van der Waals surface area contributed by atoms with Crippen molar-refractivity contribution in [3.63, 3.8) is 0 Å². The average molecular weight is 302 g/mol. The van der Waals surface area contributed by atoms with Crippen LogP contribution in [0.5, 0.6) is 0 Å². The van der Waals surface area contributed by atoms with Crippen LogP contribution in [0.15, 0.2) is 16.7 Å². The smallest absolute Gasteiger partial charge is 0.254 e. The molecule has 0 spiro atoms. The van der Waals surface area contributed by atoms with Gasteiger partial charge in [-0.2, -0.15) is 0 Å². The second-order valence-corrected chi connectivity index (χ2v) is 4.97. The monoisotopic (exact) mass is 301 g/mol. The predicted molar refractivity (Wildman–Crippen MR) is 72.6 cm³/mol. The molecule has 0 unspecified atom stereocenters. The lowest BCUT2D eigenvalue weighted by Crippen LogP contribution is -2.38. The first-order chi connectivity index (χ1) is 8.08. The number of rotatable bonds is 6. The van der Waals surface area contributed by atoms with Crippen LogP contribution >= 0.6 is 15.9 Å². The number of aryl methyl sites for hydroxylation is 1. The summed E-state index contributed by atoms with van der Waals surface area (Å²) < 4.78 is 5.13. The molecule has 0 saturated heterocycles. The Morgan fingerprint density at radius 3 is 2.53 bits per heavy atom. The highest BCUT2D eigenvalue weighted by molar-refractivity contribution is 9.09. The molecule has 4 heteroatoms. The van der Waals surface area contributed by atoms with Gasteiger partial charge >= 0.3 is 0 Å². The summed E-state index contributed by atoms with van der Waals surface area (Å²) in [6, 6.07) is 1.71. The van der Waals surface area contributed by atoms with Crippen LogP contribution in [0.4, 0.5) is 0 Å². The van der Waals surface area contributed by atoms with Crippen LogP contribution in [0.3, 0.4) is 0 Å². The number of amides is 1. The topological polar surface area (TPSA) is 42.2 Å². The Balaban J connectivity index is 2.62. The zero-order chi connectivity index (χ0) is 12.9. The van der Waals surface area contributed by atoms with Gasteiger partial charge in [-0.05, 0) is 31.2 Å². The number of halogens is 1. The van der Waals surface area contributed by atoms with Gasteiger partial charge in [0.15, 0.2) is 0 Å². The van der Waals surface area contributed by atoms with Gasteiger partial charge in [0.05, 0.1) is 11.8 Å². The Morgan fingerprint density at radius 1 is 1.47 bits per heavy atom. The third kappa shape index (κ3) is 3.35. The molecule has 3 nitrogen and oxygen atoms in total. The summed E-state index contributed by atoms with van der Waals surface area (Å²) in [7, 11) is 0. The molecule has 96 valence electrons. The van der Waals surface area contributed by atoms with Gasteiger partial charge in [-0.25, -0.2) is 0 Å². The molecule has 1 aromatic heterocycles. The van der Waals surface area contributed by atoms with Crippen LogP contribution in [0.1, 0.15) is 42.8 Å². The van der Waals surface area contributed by atoms with Crippen molar-refractivity contribution in [3.05, 3.63) is 23.7 Å². The number of furan rings is 1. The van der Waals surface area contributed by atoms with E-state index in [2.05, 4.69) is 35.1 Å². The molecule has 0 aliphatic heterocycles. The highest BCUT2D eigenvalue weighted by atomic mass is 79.9. The van der Waals surface area contributed by atoms with E-state index in [1.54, 1.807) is 19.3 Å². The molecular weight excluding hydrogens is 282 g/mol. The van der Waals surface area contributed by atoms with Crippen molar-refractivity contribution < 1.29 is 9.21 Å². The molecule has 0 aliphatic carbocycles. The third-order valence-corrected chi connectivity index (χ3v) is 4.70. The third-order valence-electron chi connectivity index (χ3n) is 3.51. The minimum Gasteiger partial charge on any atom is -0.469 e. The van der Waals surface area contributed by atoms with Crippen LogP contribution in [-0.4, -0.2) is 17.8 Å². The van der Waals surface area contributed by atoms with Crippen molar-refractivity contribution in [2.75, 3.05) is 11.9 Å². The number of alkyl halides is 1. The number of hydrogen-bond acceptors (Lipinski definition) is 2. The van der Waals surface area contributed by atoms with Crippen molar-refractivity contribution >= 4 is 21.8 Å². The van der Waals surface area contributed by atoms with Gasteiger partial charge in [-0.1, -0.05) is 29.8 Å². The highest BCUT2D eigenvalue weighted by Crippen LogP contribution is 2.27. The van der Waals surface area contributed by atoms with Gasteiger partial charge in [0, 0.05) is 11.9 Å². The molecule has 1 aromatic rings. The van der Waals surface area contributed by atoms with Crippen molar-refractivity contribution in [1.82, 2.24) is 5.32 Å². The van der Waals surface area contributed by atoms with E-state index in [9.17, 15) is 4.79 Å². The summed E-state index contributed by atoms with van der Waals surface area (Å²) in [5.74, 6) is 0.614. The fraction of sp³-hybridized carbons (Fsp3) is 0.615. The Labute approximate surface area is 111 Å². The molecule has 1 amide bonds. The summed E-state index contributed by atoms with van der Waals surface area (Å²) in [6.45, 7) is 6.79. The van der Waals surface area contributed by atoms with Crippen LogP contribution in [0, 0.1) is 12.3 Å². The summed E-state index contributed by atoms with van der Waals surface area (Å²) in [6.07, 6.45) is 3.63. The van der Waals surface area contributed by atoms with E-state index < -0.39 is 0 Å². The minimum absolute atomic E-state index is 0.0523. The first-order valence-electron chi connectivity index (χ1n) is 5.97. The van der Waals surface area contributed by atoms with Crippen LogP contribution < -0.4 is 5.32 Å². The number of nitrogens with one attached hydrogen (secondary N) is 1. The van der Waals surface area contributed by atoms with Gasteiger partial charge in [0.1, 0.15) is 5.76 Å². The average Bonchev–Trinajstić information content (AvgIpc) is 2.78. The summed E-state index contributed by atoms with van der Waals surface area (Å²) >= 11 is 3.54. The molecule has 0 bridgehead atoms. The lowest BCUT2D eigenvalue weighted by molar-refractivity contribution is 0.0931. The normalized spacial score (nSPS) is 11.5. The van der Waals surface area contributed by atoms with Gasteiger partial charge < -0.3 is 9.73 Å². The molecule has 1 heterocycles. The molecule has 0 radical (unpaired) electrons. The second kappa shape index (κ2) is 6.24. The van der Waals surface area contributed by atoms with Gasteiger partial charge in [0.25, 0.3) is 5.91 Å². The lowest BCUT2D eigenvalue weighted by Gasteiger charge is -2.29. The first kappa shape index (κ1) is 14.3. The Hall–Kier alpha value is -0.770. The molecule has 17 heavy (non-hydrogen) atoms. The zero-order valence-electron chi connectivity index (χ0n) is 10.7. The fourth-order valence-electron chi connectivity index (χ4n) is 1.72. The maximum atomic E-state index is 11.9. The van der Waals surface area contributed by atoms with Crippen LogP contribution in [0.2, 0.25) is 0 Å². The van der Waals surface area contributed by atoms with E-state index in [0.717, 1.165) is 18.2 Å². The summed E-state index contributed by atoms with van der Waals surface area (Å²) in [5.41, 5.74) is 0.772. The fourth-order valence-corrected chi connectivity index (χ4v) is 2.71. The van der Waals surface area contributed by atoms with Crippen molar-refractivity contribution in [2.45, 2.75) is 33.6 Å². The molecule has 0 atom stereocenters. The number of hydrogen-bond donors (Lipinski definition) is 1. The Bertz CT molecular complexity index is 361. The van der Waals surface area contributed by atoms with Gasteiger partial charge in [0.2, 0.25) is 0 Å². The van der Waals surface area contributed by atoms with E-state index in [0.29, 0.717) is 17.9 Å². The maximum Gasteiger partial charge on any atom is 0.254 e. The van der Waals surface area contributed by atoms with Crippen molar-refractivity contribution in [3.8, 4) is 0 Å². The van der Waals surface area contributed by atoms with Crippen molar-refractivity contribution in [1.29, 1.82) is 0 Å². The van der Waals surface area contributed by atoms with Crippen molar-refractivity contribution in [2.24, 2.45) is 5.41 Å². The number of carbonyl (C=O) groups is 1. The summed E-state index contributed by atoms with van der Waals surface area (Å²) in [4.78, 5) is 11.9. The number of carbonyl (C=O) groups excluding carboxylic acids is 1. The second-order valence-electron chi connectivity index (χ2n) is 4.41. The highest BCUT2D eigenvalue weighted by Gasteiger charge is 2.25. The van der Waals surface area contributed by atoms with Crippen LogP contribution in [-0.2, 0) is 0 Å². The van der Waals surface area contributed by atoms with Crippen LogP contribution in [0.25, 0.3) is 0 Å². The molecule has 0 aromatic carbocycles. The van der Waals surface area contributed by atoms with E-state index in [-0.39, 0.29) is 11.3 Å². The molecule has 1 rings (SSSR count). The molecular formula is C13H20BrNO2. The maximum absolute atomic E-state index is 11.9. The Kier molecular flexibility index (Phi) is 5.25. The molecule has 0 fully saturated rings. The quantitative estimate of drug-likeness (QED) is 0.817. The van der Waals surface area contributed by atoms with E-state index >= 15 is 0 Å². The predicted octanol–water partition coefficient (Wildman–Crippen LogP) is 3.52. The minimum atomic E-state index is -0.0523. The molecule has 1 N–H and O–H groups in total. The summed E-state index contributed by atoms with van der Waals surface area (Å²) in [5, 5.41) is 3.89. The molecule has 0 saturated carbocycles. The van der Waals surface area contributed by atoms with Gasteiger partial charge in [-0.15, -0.1) is 0 Å². The molecule has 0 aliphatic rings. The zero-order valence-corrected chi connectivity index (χ0v) is 12.3. The van der Waals surface area contributed by atoms with E-state index in [1.807, 2.05) is 0 Å². The Morgan fingerprint density at radius 2 is 2.12 bits per heavy atom. The SMILES string of the molecule is CCC(CC)(CBr)CNC(=O)c1ccoc1C.